The van der Waals surface area contributed by atoms with Gasteiger partial charge in [-0.3, -0.25) is 4.99 Å². The molecule has 0 aromatic rings. The third kappa shape index (κ3) is 3.60. The van der Waals surface area contributed by atoms with Gasteiger partial charge in [0, 0.05) is 6.42 Å². The van der Waals surface area contributed by atoms with E-state index in [2.05, 4.69) is 32.8 Å². The van der Waals surface area contributed by atoms with Crippen molar-refractivity contribution in [3.05, 3.63) is 11.5 Å². The molecule has 0 saturated heterocycles. The molecule has 0 aromatic carbocycles. The van der Waals surface area contributed by atoms with E-state index >= 15 is 0 Å². The molecule has 0 N–H and O–H groups in total. The average Bonchev–Trinajstić information content (AvgIpc) is 2.12. The van der Waals surface area contributed by atoms with Gasteiger partial charge in [0.05, 0.1) is 12.8 Å². The van der Waals surface area contributed by atoms with Crippen LogP contribution in [0.15, 0.2) is 16.4 Å². The third-order valence-electron chi connectivity index (χ3n) is 1.71. The topological polar surface area (TPSA) is 21.6 Å². The molecule has 67 valence electrons. The van der Waals surface area contributed by atoms with E-state index in [9.17, 15) is 0 Å². The number of ether oxygens (including phenoxy) is 1. The van der Waals surface area contributed by atoms with Gasteiger partial charge in [0.2, 0.25) is 0 Å². The monoisotopic (exact) mass is 166 g/mol. The second kappa shape index (κ2) is 6.95. The Morgan fingerprint density at radius 2 is 2.17 bits per heavy atom. The second-order valence-corrected chi connectivity index (χ2v) is 2.49. The number of rotatable bonds is 6. The van der Waals surface area contributed by atoms with Crippen molar-refractivity contribution < 1.29 is 4.74 Å². The zero-order valence-electron chi connectivity index (χ0n) is 8.26. The van der Waals surface area contributed by atoms with Crippen molar-refractivity contribution in [3.8, 4) is 0 Å². The molecule has 1 radical (unpaired) electrons. The van der Waals surface area contributed by atoms with Gasteiger partial charge in [0.15, 0.2) is 0 Å². The largest absolute Gasteiger partial charge is 0.499 e. The minimum absolute atomic E-state index is 0.858. The number of hydrogen-bond donors (Lipinski definition) is 0. The summed E-state index contributed by atoms with van der Waals surface area (Å²) in [6, 6.07) is 0. The molecular weight excluding hydrogens is 149 g/mol. The van der Waals surface area contributed by atoms with Crippen LogP contribution in [0, 0.1) is 0 Å². The van der Waals surface area contributed by atoms with Crippen molar-refractivity contribution in [1.29, 1.82) is 0 Å². The number of methoxy groups -OCH3 is 1. The Morgan fingerprint density at radius 3 is 2.50 bits per heavy atom. The Bertz CT molecular complexity index is 160. The van der Waals surface area contributed by atoms with Gasteiger partial charge < -0.3 is 4.74 Å². The van der Waals surface area contributed by atoms with Crippen LogP contribution >= 0.6 is 0 Å². The highest BCUT2D eigenvalue weighted by molar-refractivity contribution is 6.36. The molecule has 0 aliphatic heterocycles. The lowest BCUT2D eigenvalue weighted by Gasteiger charge is -2.07. The molecule has 0 aliphatic carbocycles. The van der Waals surface area contributed by atoms with Crippen molar-refractivity contribution in [1.82, 2.24) is 0 Å². The smallest absolute Gasteiger partial charge is 0.117 e. The molecule has 0 unspecified atom stereocenters. The summed E-state index contributed by atoms with van der Waals surface area (Å²) in [4.78, 5) is 3.94. The summed E-state index contributed by atoms with van der Waals surface area (Å²) in [6.45, 7) is 7.68. The molecular formula is C9H17BNO. The van der Waals surface area contributed by atoms with Gasteiger partial charge in [0.1, 0.15) is 13.0 Å². The first-order valence-electron chi connectivity index (χ1n) is 4.34. The lowest BCUT2D eigenvalue weighted by molar-refractivity contribution is 0.275. The van der Waals surface area contributed by atoms with E-state index in [1.54, 1.807) is 7.11 Å². The molecule has 0 heterocycles. The van der Waals surface area contributed by atoms with Gasteiger partial charge >= 0.3 is 0 Å². The second-order valence-electron chi connectivity index (χ2n) is 2.49. The van der Waals surface area contributed by atoms with Crippen molar-refractivity contribution in [2.75, 3.05) is 7.11 Å². The van der Waals surface area contributed by atoms with Crippen LogP contribution in [0.2, 0.25) is 12.6 Å². The van der Waals surface area contributed by atoms with Crippen molar-refractivity contribution in [3.63, 3.8) is 0 Å². The Kier molecular flexibility index (Phi) is 6.53. The third-order valence-corrected chi connectivity index (χ3v) is 1.71. The summed E-state index contributed by atoms with van der Waals surface area (Å²) in [5.41, 5.74) is 0.960. The van der Waals surface area contributed by atoms with Crippen LogP contribution in [-0.2, 0) is 4.74 Å². The van der Waals surface area contributed by atoms with Gasteiger partial charge in [-0.15, -0.1) is 0 Å². The fourth-order valence-corrected chi connectivity index (χ4v) is 1.01. The molecule has 12 heavy (non-hydrogen) atoms. The maximum Gasteiger partial charge on any atom is 0.117 e. The standard InChI is InChI=1S/C9H17BNO/c1-5-9(12-4)8(11-3)7-10-6-2/h3,5-7H2,1-2,4H3/b9-8-. The van der Waals surface area contributed by atoms with Crippen LogP contribution in [0.3, 0.4) is 0 Å². The van der Waals surface area contributed by atoms with Crippen LogP contribution in [0.25, 0.3) is 0 Å². The highest BCUT2D eigenvalue weighted by Gasteiger charge is 2.02. The van der Waals surface area contributed by atoms with Gasteiger partial charge in [0.25, 0.3) is 0 Å². The Balaban J connectivity index is 4.24. The normalized spacial score (nSPS) is 11.9. The maximum atomic E-state index is 5.18. The zero-order valence-corrected chi connectivity index (χ0v) is 8.26. The Labute approximate surface area is 76.0 Å². The molecule has 0 spiro atoms. The predicted octanol–water partition coefficient (Wildman–Crippen LogP) is 2.52. The van der Waals surface area contributed by atoms with E-state index in [4.69, 9.17) is 4.74 Å². The molecule has 0 fully saturated rings. The van der Waals surface area contributed by atoms with E-state index in [0.29, 0.717) is 0 Å². The number of allylic oxidation sites excluding steroid dienone is 2. The number of nitrogens with zero attached hydrogens (tertiary/aromatic N) is 1. The highest BCUT2D eigenvalue weighted by atomic mass is 16.5. The molecule has 0 aliphatic rings. The fraction of sp³-hybridized carbons (Fsp3) is 0.667. The predicted molar refractivity (Wildman–Crippen MR) is 54.9 cm³/mol. The van der Waals surface area contributed by atoms with E-state index in [1.807, 2.05) is 0 Å². The summed E-state index contributed by atoms with van der Waals surface area (Å²) in [6.07, 6.45) is 2.79. The van der Waals surface area contributed by atoms with E-state index < -0.39 is 0 Å². The Morgan fingerprint density at radius 1 is 1.50 bits per heavy atom. The van der Waals surface area contributed by atoms with E-state index in [1.165, 1.54) is 0 Å². The highest BCUT2D eigenvalue weighted by Crippen LogP contribution is 2.14. The SMILES string of the molecule is C=N/C(C[B]CC)=C(/CC)OC. The van der Waals surface area contributed by atoms with Gasteiger partial charge in [-0.1, -0.05) is 20.2 Å². The number of aliphatic imine (C=N–C) groups is 1. The lowest BCUT2D eigenvalue weighted by atomic mass is 9.70. The van der Waals surface area contributed by atoms with E-state index in [0.717, 1.165) is 30.5 Å². The zero-order chi connectivity index (χ0) is 9.40. The first-order chi connectivity index (χ1) is 5.79. The molecule has 0 saturated carbocycles. The first-order valence-corrected chi connectivity index (χ1v) is 4.34. The maximum absolute atomic E-state index is 5.18. The number of hydrogen-bond acceptors (Lipinski definition) is 2. The summed E-state index contributed by atoms with van der Waals surface area (Å²) in [5, 5.41) is 0. The summed E-state index contributed by atoms with van der Waals surface area (Å²) >= 11 is 0. The van der Waals surface area contributed by atoms with E-state index in [-0.39, 0.29) is 0 Å². The minimum atomic E-state index is 0.858. The molecule has 0 amide bonds. The molecule has 3 heteroatoms. The van der Waals surface area contributed by atoms with Crippen LogP contribution in [0.1, 0.15) is 20.3 Å². The van der Waals surface area contributed by atoms with Gasteiger partial charge in [-0.05, 0) is 13.0 Å². The quantitative estimate of drug-likeness (QED) is 0.337. The first kappa shape index (κ1) is 11.3. The summed E-state index contributed by atoms with van der Waals surface area (Å²) < 4.78 is 5.18. The van der Waals surface area contributed by atoms with Crippen LogP contribution in [0.4, 0.5) is 0 Å². The summed E-state index contributed by atoms with van der Waals surface area (Å²) in [7, 11) is 3.84. The van der Waals surface area contributed by atoms with Crippen molar-refractivity contribution in [2.45, 2.75) is 32.9 Å². The molecule has 0 atom stereocenters. The van der Waals surface area contributed by atoms with Crippen LogP contribution < -0.4 is 0 Å². The lowest BCUT2D eigenvalue weighted by Crippen LogP contribution is -1.95. The van der Waals surface area contributed by atoms with Crippen LogP contribution in [0.5, 0.6) is 0 Å². The van der Waals surface area contributed by atoms with Crippen LogP contribution in [-0.4, -0.2) is 21.1 Å². The molecule has 0 bridgehead atoms. The molecule has 2 nitrogen and oxygen atoms in total. The molecule has 0 rings (SSSR count). The van der Waals surface area contributed by atoms with Crippen molar-refractivity contribution in [2.24, 2.45) is 4.99 Å². The van der Waals surface area contributed by atoms with Gasteiger partial charge in [-0.25, -0.2) is 0 Å². The van der Waals surface area contributed by atoms with Gasteiger partial charge in [-0.2, -0.15) is 0 Å². The Hall–Kier alpha value is -0.725. The van der Waals surface area contributed by atoms with Crippen molar-refractivity contribution >= 4 is 14.0 Å². The average molecular weight is 166 g/mol. The minimum Gasteiger partial charge on any atom is -0.499 e. The summed E-state index contributed by atoms with van der Waals surface area (Å²) in [5.74, 6) is 0.940. The molecule has 0 aromatic heterocycles. The fourth-order valence-electron chi connectivity index (χ4n) is 1.01.